The number of anilines is 1. The number of rotatable bonds is 12. The van der Waals surface area contributed by atoms with Gasteiger partial charge in [-0.25, -0.2) is 8.42 Å². The standard InChI is InChI=1S/C29H31Cl4N3O4S/c1-4-27(29(38)34-16-19(2)3)35(17-20-10-11-25(32)26(33)12-20)28(37)18-36(23-14-21(30)13-22(31)15-23)41(39,40)24-8-6-5-7-9-24/h5-15,19,27H,4,16-18H2,1-3H3,(H,34,38). The van der Waals surface area contributed by atoms with E-state index in [1.54, 1.807) is 43.3 Å². The van der Waals surface area contributed by atoms with Gasteiger partial charge in [0.1, 0.15) is 12.6 Å². The number of amides is 2. The molecule has 3 rings (SSSR count). The molecule has 2 amide bonds. The van der Waals surface area contributed by atoms with Crippen molar-refractivity contribution >= 4 is 73.9 Å². The SMILES string of the molecule is CCC(C(=O)NCC(C)C)N(Cc1ccc(Cl)c(Cl)c1)C(=O)CN(c1cc(Cl)cc(Cl)c1)S(=O)(=O)c1ccccc1. The second kappa shape index (κ2) is 14.6. The number of nitrogens with zero attached hydrogens (tertiary/aromatic N) is 2. The summed E-state index contributed by atoms with van der Waals surface area (Å²) in [6, 6.07) is 16.0. The summed E-state index contributed by atoms with van der Waals surface area (Å²) in [7, 11) is -4.25. The van der Waals surface area contributed by atoms with Gasteiger partial charge in [0.05, 0.1) is 20.6 Å². The maximum atomic E-state index is 14.1. The molecule has 3 aromatic carbocycles. The Morgan fingerprint density at radius 3 is 2.07 bits per heavy atom. The highest BCUT2D eigenvalue weighted by atomic mass is 35.5. The summed E-state index contributed by atoms with van der Waals surface area (Å²) in [4.78, 5) is 28.7. The lowest BCUT2D eigenvalue weighted by Crippen LogP contribution is -2.52. The smallest absolute Gasteiger partial charge is 0.264 e. The van der Waals surface area contributed by atoms with Crippen LogP contribution in [0.3, 0.4) is 0 Å². The Morgan fingerprint density at radius 1 is 0.878 bits per heavy atom. The predicted octanol–water partition coefficient (Wildman–Crippen LogP) is 7.08. The van der Waals surface area contributed by atoms with Crippen molar-refractivity contribution in [3.8, 4) is 0 Å². The molecule has 1 N–H and O–H groups in total. The monoisotopic (exact) mass is 657 g/mol. The second-order valence-electron chi connectivity index (χ2n) is 9.79. The zero-order valence-electron chi connectivity index (χ0n) is 22.8. The highest BCUT2D eigenvalue weighted by Gasteiger charge is 2.34. The van der Waals surface area contributed by atoms with Gasteiger partial charge in [0.25, 0.3) is 10.0 Å². The molecular weight excluding hydrogens is 628 g/mol. The first kappa shape index (κ1) is 33.0. The molecule has 0 aliphatic rings. The van der Waals surface area contributed by atoms with Gasteiger partial charge in [-0.05, 0) is 60.4 Å². The van der Waals surface area contributed by atoms with Crippen LogP contribution in [0.1, 0.15) is 32.8 Å². The number of sulfonamides is 1. The normalized spacial score (nSPS) is 12.2. The van der Waals surface area contributed by atoms with E-state index in [0.717, 1.165) is 4.31 Å². The van der Waals surface area contributed by atoms with E-state index in [-0.39, 0.29) is 50.4 Å². The van der Waals surface area contributed by atoms with Crippen LogP contribution in [0.5, 0.6) is 0 Å². The number of carbonyl (C=O) groups excluding carboxylic acids is 2. The van der Waals surface area contributed by atoms with Crippen molar-refractivity contribution in [2.75, 3.05) is 17.4 Å². The molecule has 0 aliphatic carbocycles. The van der Waals surface area contributed by atoms with Gasteiger partial charge in [-0.1, -0.05) is 91.4 Å². The van der Waals surface area contributed by atoms with Crippen LogP contribution in [-0.4, -0.2) is 44.3 Å². The Morgan fingerprint density at radius 2 is 1.51 bits per heavy atom. The molecule has 41 heavy (non-hydrogen) atoms. The summed E-state index contributed by atoms with van der Waals surface area (Å²) in [5.74, 6) is -0.772. The molecule has 12 heteroatoms. The van der Waals surface area contributed by atoms with Crippen molar-refractivity contribution in [3.05, 3.63) is 92.4 Å². The van der Waals surface area contributed by atoms with Crippen LogP contribution in [-0.2, 0) is 26.2 Å². The maximum Gasteiger partial charge on any atom is 0.264 e. The molecule has 0 saturated heterocycles. The number of halogens is 4. The summed E-state index contributed by atoms with van der Waals surface area (Å²) in [5, 5.41) is 3.90. The molecule has 1 unspecified atom stereocenters. The zero-order chi connectivity index (χ0) is 30.3. The molecule has 220 valence electrons. The Hall–Kier alpha value is -2.49. The lowest BCUT2D eigenvalue weighted by atomic mass is 10.1. The number of benzene rings is 3. The second-order valence-corrected chi connectivity index (χ2v) is 13.3. The highest BCUT2D eigenvalue weighted by Crippen LogP contribution is 2.30. The molecule has 0 spiro atoms. The van der Waals surface area contributed by atoms with Gasteiger partial charge in [-0.3, -0.25) is 13.9 Å². The zero-order valence-corrected chi connectivity index (χ0v) is 26.6. The van der Waals surface area contributed by atoms with Gasteiger partial charge in [-0.2, -0.15) is 0 Å². The summed E-state index contributed by atoms with van der Waals surface area (Å²) in [6.45, 7) is 5.48. The fourth-order valence-corrected chi connectivity index (χ4v) is 6.36. The number of carbonyl (C=O) groups is 2. The van der Waals surface area contributed by atoms with Crippen LogP contribution in [0, 0.1) is 5.92 Å². The third-order valence-electron chi connectivity index (χ3n) is 6.15. The van der Waals surface area contributed by atoms with Crippen molar-refractivity contribution in [3.63, 3.8) is 0 Å². The maximum absolute atomic E-state index is 14.1. The van der Waals surface area contributed by atoms with E-state index >= 15 is 0 Å². The topological polar surface area (TPSA) is 86.8 Å². The first-order chi connectivity index (χ1) is 19.3. The lowest BCUT2D eigenvalue weighted by Gasteiger charge is -2.33. The molecule has 0 heterocycles. The summed E-state index contributed by atoms with van der Waals surface area (Å²) in [6.07, 6.45) is 0.283. The highest BCUT2D eigenvalue weighted by molar-refractivity contribution is 7.92. The van der Waals surface area contributed by atoms with E-state index < -0.39 is 28.5 Å². The van der Waals surface area contributed by atoms with E-state index in [0.29, 0.717) is 17.1 Å². The van der Waals surface area contributed by atoms with Gasteiger partial charge in [0, 0.05) is 23.1 Å². The fraction of sp³-hybridized carbons (Fsp3) is 0.310. The van der Waals surface area contributed by atoms with Crippen molar-refractivity contribution in [2.24, 2.45) is 5.92 Å². The molecular formula is C29H31Cl4N3O4S. The van der Waals surface area contributed by atoms with Crippen LogP contribution in [0.15, 0.2) is 71.6 Å². The van der Waals surface area contributed by atoms with Crippen LogP contribution in [0.25, 0.3) is 0 Å². The van der Waals surface area contributed by atoms with Crippen LogP contribution >= 0.6 is 46.4 Å². The summed E-state index contributed by atoms with van der Waals surface area (Å²) >= 11 is 24.8. The Labute approximate surface area is 261 Å². The lowest BCUT2D eigenvalue weighted by molar-refractivity contribution is -0.140. The number of hydrogen-bond donors (Lipinski definition) is 1. The fourth-order valence-electron chi connectivity index (χ4n) is 4.11. The van der Waals surface area contributed by atoms with Gasteiger partial charge in [0.2, 0.25) is 11.8 Å². The Balaban J connectivity index is 2.08. The summed E-state index contributed by atoms with van der Waals surface area (Å²) < 4.78 is 28.7. The minimum absolute atomic E-state index is 0.0150. The predicted molar refractivity (Wildman–Crippen MR) is 166 cm³/mol. The number of nitrogens with one attached hydrogen (secondary N) is 1. The molecule has 0 bridgehead atoms. The van der Waals surface area contributed by atoms with E-state index in [4.69, 9.17) is 46.4 Å². The largest absolute Gasteiger partial charge is 0.354 e. The minimum Gasteiger partial charge on any atom is -0.354 e. The van der Waals surface area contributed by atoms with Crippen molar-refractivity contribution in [2.45, 2.75) is 44.7 Å². The molecule has 0 fully saturated rings. The van der Waals surface area contributed by atoms with Crippen LogP contribution in [0.2, 0.25) is 20.1 Å². The quantitative estimate of drug-likeness (QED) is 0.225. The van der Waals surface area contributed by atoms with Crippen LogP contribution in [0.4, 0.5) is 5.69 Å². The third kappa shape index (κ3) is 8.75. The van der Waals surface area contributed by atoms with E-state index in [9.17, 15) is 18.0 Å². The van der Waals surface area contributed by atoms with Gasteiger partial charge in [0.15, 0.2) is 0 Å². The van der Waals surface area contributed by atoms with Crippen molar-refractivity contribution in [1.82, 2.24) is 10.2 Å². The van der Waals surface area contributed by atoms with E-state index in [1.165, 1.54) is 35.2 Å². The Bertz CT molecular complexity index is 1470. The van der Waals surface area contributed by atoms with Gasteiger partial charge < -0.3 is 10.2 Å². The minimum atomic E-state index is -4.25. The first-order valence-corrected chi connectivity index (χ1v) is 15.8. The van der Waals surface area contributed by atoms with E-state index in [1.807, 2.05) is 13.8 Å². The molecule has 0 aliphatic heterocycles. The van der Waals surface area contributed by atoms with Crippen LogP contribution < -0.4 is 9.62 Å². The molecule has 1 atom stereocenters. The molecule has 0 radical (unpaired) electrons. The molecule has 0 saturated carbocycles. The van der Waals surface area contributed by atoms with Gasteiger partial charge >= 0.3 is 0 Å². The van der Waals surface area contributed by atoms with Crippen molar-refractivity contribution in [1.29, 1.82) is 0 Å². The number of hydrogen-bond acceptors (Lipinski definition) is 4. The average molecular weight is 659 g/mol. The van der Waals surface area contributed by atoms with Crippen molar-refractivity contribution < 1.29 is 18.0 Å². The average Bonchev–Trinajstić information content (AvgIpc) is 2.92. The molecule has 0 aromatic heterocycles. The first-order valence-electron chi connectivity index (χ1n) is 12.9. The van der Waals surface area contributed by atoms with Gasteiger partial charge in [-0.15, -0.1) is 0 Å². The van der Waals surface area contributed by atoms with E-state index in [2.05, 4.69) is 5.32 Å². The molecule has 3 aromatic rings. The third-order valence-corrected chi connectivity index (χ3v) is 9.12. The Kier molecular flexibility index (Phi) is 11.8. The molecule has 7 nitrogen and oxygen atoms in total. The summed E-state index contributed by atoms with van der Waals surface area (Å²) in [5.41, 5.74) is 0.720.